The molecule has 3 rings (SSSR count). The predicted octanol–water partition coefficient (Wildman–Crippen LogP) is 2.09. The Morgan fingerprint density at radius 1 is 1.33 bits per heavy atom. The first kappa shape index (κ1) is 9.55. The van der Waals surface area contributed by atoms with Crippen LogP contribution in [0.4, 0.5) is 5.69 Å². The van der Waals surface area contributed by atoms with Crippen molar-refractivity contribution < 1.29 is 0 Å². The lowest BCUT2D eigenvalue weighted by Crippen LogP contribution is -2.55. The topological polar surface area (TPSA) is 29.3 Å². The van der Waals surface area contributed by atoms with E-state index in [1.54, 1.807) is 0 Å². The average molecular weight is 220 g/mol. The van der Waals surface area contributed by atoms with Gasteiger partial charge in [0.2, 0.25) is 0 Å². The SMILES string of the molecule is NC1CCCN2c3ccccc3SCC12. The number of thioether (sulfide) groups is 1. The Bertz CT molecular complexity index is 366. The molecule has 15 heavy (non-hydrogen) atoms. The molecule has 1 fully saturated rings. The van der Waals surface area contributed by atoms with Crippen LogP contribution in [-0.4, -0.2) is 24.4 Å². The molecule has 2 nitrogen and oxygen atoms in total. The highest BCUT2D eigenvalue weighted by Crippen LogP contribution is 2.39. The number of benzene rings is 1. The van der Waals surface area contributed by atoms with Gasteiger partial charge in [0.1, 0.15) is 0 Å². The van der Waals surface area contributed by atoms with Gasteiger partial charge in [0.15, 0.2) is 0 Å². The van der Waals surface area contributed by atoms with Gasteiger partial charge in [-0.15, -0.1) is 11.8 Å². The fourth-order valence-electron chi connectivity index (χ4n) is 2.59. The highest BCUT2D eigenvalue weighted by molar-refractivity contribution is 7.99. The van der Waals surface area contributed by atoms with Crippen LogP contribution in [0.1, 0.15) is 12.8 Å². The van der Waals surface area contributed by atoms with Crippen molar-refractivity contribution in [3.8, 4) is 0 Å². The highest BCUT2D eigenvalue weighted by Gasteiger charge is 2.33. The molecule has 0 aromatic heterocycles. The molecule has 1 aromatic carbocycles. The second kappa shape index (κ2) is 3.72. The summed E-state index contributed by atoms with van der Waals surface area (Å²) in [5, 5.41) is 0. The average Bonchev–Trinajstić information content (AvgIpc) is 2.29. The lowest BCUT2D eigenvalue weighted by Gasteiger charge is -2.44. The maximum atomic E-state index is 6.19. The van der Waals surface area contributed by atoms with Crippen molar-refractivity contribution in [2.75, 3.05) is 17.2 Å². The molecular formula is C12H16N2S. The number of piperidine rings is 1. The van der Waals surface area contributed by atoms with E-state index < -0.39 is 0 Å². The summed E-state index contributed by atoms with van der Waals surface area (Å²) in [5.74, 6) is 1.15. The Labute approximate surface area is 94.8 Å². The summed E-state index contributed by atoms with van der Waals surface area (Å²) in [6.07, 6.45) is 2.42. The van der Waals surface area contributed by atoms with E-state index in [9.17, 15) is 0 Å². The van der Waals surface area contributed by atoms with E-state index in [0.717, 1.165) is 5.75 Å². The van der Waals surface area contributed by atoms with Gasteiger partial charge in [-0.3, -0.25) is 0 Å². The fourth-order valence-corrected chi connectivity index (χ4v) is 3.88. The smallest absolute Gasteiger partial charge is 0.0535 e. The van der Waals surface area contributed by atoms with Crippen molar-refractivity contribution >= 4 is 17.4 Å². The van der Waals surface area contributed by atoms with E-state index >= 15 is 0 Å². The molecule has 2 aliphatic rings. The lowest BCUT2D eigenvalue weighted by molar-refractivity contribution is 0.421. The van der Waals surface area contributed by atoms with Gasteiger partial charge in [0, 0.05) is 23.2 Å². The summed E-state index contributed by atoms with van der Waals surface area (Å²) < 4.78 is 0. The van der Waals surface area contributed by atoms with Crippen LogP contribution in [0.3, 0.4) is 0 Å². The Hall–Kier alpha value is -0.670. The number of hydrogen-bond donors (Lipinski definition) is 1. The van der Waals surface area contributed by atoms with Crippen LogP contribution >= 0.6 is 11.8 Å². The van der Waals surface area contributed by atoms with Gasteiger partial charge in [-0.1, -0.05) is 12.1 Å². The van der Waals surface area contributed by atoms with Gasteiger partial charge in [0.05, 0.1) is 11.7 Å². The second-order valence-electron chi connectivity index (χ2n) is 4.35. The van der Waals surface area contributed by atoms with Crippen molar-refractivity contribution in [1.29, 1.82) is 0 Å². The molecule has 0 spiro atoms. The van der Waals surface area contributed by atoms with Crippen LogP contribution in [-0.2, 0) is 0 Å². The van der Waals surface area contributed by atoms with Gasteiger partial charge in [-0.25, -0.2) is 0 Å². The number of para-hydroxylation sites is 1. The molecular weight excluding hydrogens is 204 g/mol. The minimum absolute atomic E-state index is 0.361. The Morgan fingerprint density at radius 2 is 2.20 bits per heavy atom. The third-order valence-electron chi connectivity index (χ3n) is 3.42. The molecule has 0 amide bonds. The van der Waals surface area contributed by atoms with E-state index in [1.165, 1.54) is 30.0 Å². The Balaban J connectivity index is 1.99. The van der Waals surface area contributed by atoms with Crippen LogP contribution in [0.2, 0.25) is 0 Å². The maximum absolute atomic E-state index is 6.19. The molecule has 2 N–H and O–H groups in total. The molecule has 0 aliphatic carbocycles. The van der Waals surface area contributed by atoms with E-state index in [4.69, 9.17) is 5.73 Å². The molecule has 2 unspecified atom stereocenters. The Kier molecular flexibility index (Phi) is 2.37. The molecule has 3 heteroatoms. The van der Waals surface area contributed by atoms with Crippen molar-refractivity contribution in [2.45, 2.75) is 29.8 Å². The highest BCUT2D eigenvalue weighted by atomic mass is 32.2. The summed E-state index contributed by atoms with van der Waals surface area (Å²) in [7, 11) is 0. The van der Waals surface area contributed by atoms with E-state index in [-0.39, 0.29) is 0 Å². The largest absolute Gasteiger partial charge is 0.365 e. The Morgan fingerprint density at radius 3 is 3.13 bits per heavy atom. The standard InChI is InChI=1S/C12H16N2S/c13-9-4-3-7-14-10-5-1-2-6-12(10)15-8-11(9)14/h1-2,5-6,9,11H,3-4,7-8,13H2. The quantitative estimate of drug-likeness (QED) is 0.726. The van der Waals surface area contributed by atoms with Gasteiger partial charge < -0.3 is 10.6 Å². The maximum Gasteiger partial charge on any atom is 0.0535 e. The van der Waals surface area contributed by atoms with Gasteiger partial charge in [-0.05, 0) is 25.0 Å². The van der Waals surface area contributed by atoms with Crippen LogP contribution < -0.4 is 10.6 Å². The molecule has 0 saturated carbocycles. The van der Waals surface area contributed by atoms with Crippen molar-refractivity contribution in [1.82, 2.24) is 0 Å². The molecule has 80 valence electrons. The normalized spacial score (nSPS) is 29.5. The first-order chi connectivity index (χ1) is 7.36. The second-order valence-corrected chi connectivity index (χ2v) is 5.41. The molecule has 1 saturated heterocycles. The summed E-state index contributed by atoms with van der Waals surface area (Å²) in [5.41, 5.74) is 7.59. The van der Waals surface area contributed by atoms with Crippen molar-refractivity contribution in [2.24, 2.45) is 5.73 Å². The summed E-state index contributed by atoms with van der Waals surface area (Å²) in [6.45, 7) is 1.18. The number of nitrogens with zero attached hydrogens (tertiary/aromatic N) is 1. The number of hydrogen-bond acceptors (Lipinski definition) is 3. The summed E-state index contributed by atoms with van der Waals surface area (Å²) in [6, 6.07) is 9.61. The van der Waals surface area contributed by atoms with Crippen LogP contribution in [0.5, 0.6) is 0 Å². The van der Waals surface area contributed by atoms with Gasteiger partial charge >= 0.3 is 0 Å². The minimum atomic E-state index is 0.361. The monoisotopic (exact) mass is 220 g/mol. The van der Waals surface area contributed by atoms with E-state index in [1.807, 2.05) is 11.8 Å². The predicted molar refractivity (Wildman–Crippen MR) is 65.5 cm³/mol. The third-order valence-corrected chi connectivity index (χ3v) is 4.58. The van der Waals surface area contributed by atoms with Crippen LogP contribution in [0, 0.1) is 0 Å². The number of rotatable bonds is 0. The van der Waals surface area contributed by atoms with Crippen LogP contribution in [0.25, 0.3) is 0 Å². The van der Waals surface area contributed by atoms with Gasteiger partial charge in [-0.2, -0.15) is 0 Å². The number of nitrogens with two attached hydrogens (primary N) is 1. The zero-order valence-electron chi connectivity index (χ0n) is 8.73. The van der Waals surface area contributed by atoms with E-state index in [0.29, 0.717) is 12.1 Å². The van der Waals surface area contributed by atoms with Gasteiger partial charge in [0.25, 0.3) is 0 Å². The molecule has 0 radical (unpaired) electrons. The van der Waals surface area contributed by atoms with Crippen molar-refractivity contribution in [3.63, 3.8) is 0 Å². The molecule has 0 bridgehead atoms. The zero-order chi connectivity index (χ0) is 10.3. The third kappa shape index (κ3) is 1.54. The minimum Gasteiger partial charge on any atom is -0.365 e. The molecule has 1 aromatic rings. The molecule has 2 heterocycles. The summed E-state index contributed by atoms with van der Waals surface area (Å²) in [4.78, 5) is 3.93. The number of fused-ring (bicyclic) bond motifs is 3. The molecule has 2 aliphatic heterocycles. The zero-order valence-corrected chi connectivity index (χ0v) is 9.54. The fraction of sp³-hybridized carbons (Fsp3) is 0.500. The lowest BCUT2D eigenvalue weighted by atomic mass is 9.97. The summed E-state index contributed by atoms with van der Waals surface area (Å²) >= 11 is 1.96. The van der Waals surface area contributed by atoms with Crippen LogP contribution in [0.15, 0.2) is 29.2 Å². The molecule has 2 atom stereocenters. The first-order valence-corrected chi connectivity index (χ1v) is 6.59. The first-order valence-electron chi connectivity index (χ1n) is 5.60. The number of anilines is 1. The van der Waals surface area contributed by atoms with Crippen molar-refractivity contribution in [3.05, 3.63) is 24.3 Å². The van der Waals surface area contributed by atoms with E-state index in [2.05, 4.69) is 29.2 Å².